The summed E-state index contributed by atoms with van der Waals surface area (Å²) < 4.78 is 1.69. The van der Waals surface area contributed by atoms with Crippen LogP contribution in [0.5, 0.6) is 0 Å². The summed E-state index contributed by atoms with van der Waals surface area (Å²) in [5.74, 6) is -0.0974. The lowest BCUT2D eigenvalue weighted by atomic mass is 10.1. The molecule has 0 bridgehead atoms. The van der Waals surface area contributed by atoms with Crippen LogP contribution >= 0.6 is 0 Å². The van der Waals surface area contributed by atoms with Gasteiger partial charge in [0, 0.05) is 6.20 Å². The molecule has 0 aromatic carbocycles. The van der Waals surface area contributed by atoms with Gasteiger partial charge in [-0.2, -0.15) is 5.10 Å². The second kappa shape index (κ2) is 4.44. The molecule has 1 amide bonds. The Kier molecular flexibility index (Phi) is 3.47. The minimum Gasteiger partial charge on any atom is -0.368 e. The molecular weight excluding hydrogens is 192 g/mol. The van der Waals surface area contributed by atoms with E-state index in [4.69, 9.17) is 11.5 Å². The number of hydrogen-bond acceptors (Lipinski definition) is 3. The van der Waals surface area contributed by atoms with Crippen molar-refractivity contribution in [1.82, 2.24) is 9.78 Å². The number of amides is 1. The van der Waals surface area contributed by atoms with Gasteiger partial charge in [0.2, 0.25) is 5.91 Å². The van der Waals surface area contributed by atoms with Gasteiger partial charge in [0.25, 0.3) is 0 Å². The van der Waals surface area contributed by atoms with E-state index in [9.17, 15) is 4.79 Å². The molecule has 0 aliphatic carbocycles. The second-order valence-corrected chi connectivity index (χ2v) is 4.08. The number of hydrogen-bond donors (Lipinski definition) is 2. The number of primary amides is 1. The number of carbonyl (C=O) groups excluding carboxylic acids is 1. The van der Waals surface area contributed by atoms with Crippen LogP contribution in [0, 0.1) is 0 Å². The Morgan fingerprint density at radius 2 is 2.07 bits per heavy atom. The van der Waals surface area contributed by atoms with Gasteiger partial charge in [-0.3, -0.25) is 9.48 Å². The quantitative estimate of drug-likeness (QED) is 0.753. The summed E-state index contributed by atoms with van der Waals surface area (Å²) >= 11 is 0. The van der Waals surface area contributed by atoms with Crippen molar-refractivity contribution in [3.8, 4) is 0 Å². The first-order valence-corrected chi connectivity index (χ1v) is 5.02. The average Bonchev–Trinajstić information content (AvgIpc) is 2.64. The number of aromatic nitrogens is 2. The summed E-state index contributed by atoms with van der Waals surface area (Å²) in [5, 5.41) is 4.17. The predicted molar refractivity (Wildman–Crippen MR) is 58.2 cm³/mol. The van der Waals surface area contributed by atoms with E-state index < -0.39 is 11.9 Å². The predicted octanol–water partition coefficient (Wildman–Crippen LogP) is 0.380. The molecule has 0 radical (unpaired) electrons. The highest BCUT2D eigenvalue weighted by Gasteiger charge is 2.20. The van der Waals surface area contributed by atoms with Crippen molar-refractivity contribution in [2.24, 2.45) is 11.5 Å². The first-order valence-electron chi connectivity index (χ1n) is 5.02. The molecule has 1 aromatic heterocycles. The molecule has 2 atom stereocenters. The van der Waals surface area contributed by atoms with Gasteiger partial charge < -0.3 is 11.5 Å². The van der Waals surface area contributed by atoms with Crippen LogP contribution in [0.15, 0.2) is 12.4 Å². The van der Waals surface area contributed by atoms with Crippen LogP contribution < -0.4 is 11.5 Å². The van der Waals surface area contributed by atoms with Gasteiger partial charge in [-0.15, -0.1) is 0 Å². The van der Waals surface area contributed by atoms with Crippen molar-refractivity contribution < 1.29 is 4.79 Å². The molecular formula is C10H18N4O. The maximum atomic E-state index is 10.9. The zero-order valence-corrected chi connectivity index (χ0v) is 9.34. The highest BCUT2D eigenvalue weighted by Crippen LogP contribution is 2.16. The van der Waals surface area contributed by atoms with Crippen LogP contribution in [0.4, 0.5) is 0 Å². The van der Waals surface area contributed by atoms with Crippen molar-refractivity contribution in [2.45, 2.75) is 38.8 Å². The van der Waals surface area contributed by atoms with Crippen molar-refractivity contribution in [1.29, 1.82) is 0 Å². The number of rotatable bonds is 4. The van der Waals surface area contributed by atoms with Crippen molar-refractivity contribution in [2.75, 3.05) is 0 Å². The van der Waals surface area contributed by atoms with E-state index in [1.54, 1.807) is 10.9 Å². The molecule has 1 aromatic rings. The van der Waals surface area contributed by atoms with Crippen molar-refractivity contribution in [3.05, 3.63) is 18.0 Å². The number of nitrogens with zero attached hydrogens (tertiary/aromatic N) is 2. The molecule has 2 unspecified atom stereocenters. The van der Waals surface area contributed by atoms with E-state index in [1.165, 1.54) is 0 Å². The molecule has 5 nitrogen and oxygen atoms in total. The van der Waals surface area contributed by atoms with E-state index in [1.807, 2.05) is 13.1 Å². The summed E-state index contributed by atoms with van der Waals surface area (Å²) in [6.07, 6.45) is 3.69. The minimum absolute atomic E-state index is 0.213. The molecule has 1 rings (SSSR count). The van der Waals surface area contributed by atoms with Gasteiger partial charge in [0.15, 0.2) is 0 Å². The maximum absolute atomic E-state index is 10.9. The Bertz CT molecular complexity index is 345. The van der Waals surface area contributed by atoms with E-state index >= 15 is 0 Å². The highest BCUT2D eigenvalue weighted by molar-refractivity contribution is 5.80. The molecule has 0 saturated carbocycles. The zero-order chi connectivity index (χ0) is 11.6. The van der Waals surface area contributed by atoms with E-state index in [0.717, 1.165) is 5.56 Å². The smallest absolute Gasteiger partial charge is 0.236 e. The third kappa shape index (κ3) is 2.56. The molecule has 0 aliphatic heterocycles. The van der Waals surface area contributed by atoms with Gasteiger partial charge >= 0.3 is 0 Å². The Balaban J connectivity index is 2.82. The molecule has 0 spiro atoms. The Morgan fingerprint density at radius 1 is 1.47 bits per heavy atom. The molecule has 0 aliphatic rings. The van der Waals surface area contributed by atoms with Crippen LogP contribution in [-0.2, 0) is 4.79 Å². The normalized spacial score (nSPS) is 15.3. The second-order valence-electron chi connectivity index (χ2n) is 4.08. The van der Waals surface area contributed by atoms with Crippen LogP contribution in [-0.4, -0.2) is 21.7 Å². The molecule has 0 fully saturated rings. The summed E-state index contributed by atoms with van der Waals surface area (Å²) in [6.45, 7) is 5.99. The molecule has 5 heteroatoms. The summed E-state index contributed by atoms with van der Waals surface area (Å²) in [5.41, 5.74) is 11.9. The van der Waals surface area contributed by atoms with Crippen LogP contribution in [0.2, 0.25) is 0 Å². The van der Waals surface area contributed by atoms with Gasteiger partial charge in [-0.25, -0.2) is 0 Å². The number of nitrogens with two attached hydrogens (primary N) is 2. The van der Waals surface area contributed by atoms with Crippen molar-refractivity contribution in [3.63, 3.8) is 0 Å². The lowest BCUT2D eigenvalue weighted by Crippen LogP contribution is -2.42. The summed E-state index contributed by atoms with van der Waals surface area (Å²) in [7, 11) is 0. The minimum atomic E-state index is -0.704. The third-order valence-corrected chi connectivity index (χ3v) is 2.55. The Morgan fingerprint density at radius 3 is 2.47 bits per heavy atom. The Labute approximate surface area is 89.4 Å². The maximum Gasteiger partial charge on any atom is 0.236 e. The molecule has 0 saturated heterocycles. The van der Waals surface area contributed by atoms with E-state index in [2.05, 4.69) is 18.9 Å². The van der Waals surface area contributed by atoms with Gasteiger partial charge in [0.1, 0.15) is 6.04 Å². The molecule has 84 valence electrons. The highest BCUT2D eigenvalue weighted by atomic mass is 16.1. The van der Waals surface area contributed by atoms with Crippen LogP contribution in [0.1, 0.15) is 38.3 Å². The first kappa shape index (κ1) is 11.7. The van der Waals surface area contributed by atoms with Crippen LogP contribution in [0.25, 0.3) is 0 Å². The lowest BCUT2D eigenvalue weighted by Gasteiger charge is -2.17. The third-order valence-electron chi connectivity index (χ3n) is 2.55. The fourth-order valence-electron chi connectivity index (χ4n) is 1.28. The Hall–Kier alpha value is -1.36. The number of carbonyl (C=O) groups is 1. The standard InChI is InChI=1S/C10H18N4O/c1-6(2)8-4-13-14(5-8)7(3)9(11)10(12)15/h4-7,9H,11H2,1-3H3,(H2,12,15). The fourth-order valence-corrected chi connectivity index (χ4v) is 1.28. The molecule has 1 heterocycles. The van der Waals surface area contributed by atoms with E-state index in [0.29, 0.717) is 5.92 Å². The largest absolute Gasteiger partial charge is 0.368 e. The van der Waals surface area contributed by atoms with Gasteiger partial charge in [-0.1, -0.05) is 13.8 Å². The first-order chi connectivity index (χ1) is 6.93. The lowest BCUT2D eigenvalue weighted by molar-refractivity contribution is -0.120. The SMILES string of the molecule is CC(C)c1cnn(C(C)C(N)C(N)=O)c1. The van der Waals surface area contributed by atoms with Crippen LogP contribution in [0.3, 0.4) is 0 Å². The zero-order valence-electron chi connectivity index (χ0n) is 9.34. The molecule has 4 N–H and O–H groups in total. The summed E-state index contributed by atoms with van der Waals surface area (Å²) in [6, 6.07) is -0.917. The van der Waals surface area contributed by atoms with E-state index in [-0.39, 0.29) is 6.04 Å². The average molecular weight is 210 g/mol. The van der Waals surface area contributed by atoms with Gasteiger partial charge in [0.05, 0.1) is 12.2 Å². The van der Waals surface area contributed by atoms with Crippen molar-refractivity contribution >= 4 is 5.91 Å². The van der Waals surface area contributed by atoms with Gasteiger partial charge in [-0.05, 0) is 18.4 Å². The monoisotopic (exact) mass is 210 g/mol. The molecule has 15 heavy (non-hydrogen) atoms. The topological polar surface area (TPSA) is 86.9 Å². The summed E-state index contributed by atoms with van der Waals surface area (Å²) in [4.78, 5) is 10.9. The fraction of sp³-hybridized carbons (Fsp3) is 0.600.